The second-order valence-corrected chi connectivity index (χ2v) is 4.70. The first kappa shape index (κ1) is 13.8. The minimum absolute atomic E-state index is 0.0752. The summed E-state index contributed by atoms with van der Waals surface area (Å²) in [6.07, 6.45) is 0.618. The molecular weight excluding hydrogens is 266 g/mol. The van der Waals surface area contributed by atoms with E-state index in [1.807, 2.05) is 6.92 Å². The van der Waals surface area contributed by atoms with Gasteiger partial charge in [0.15, 0.2) is 0 Å². The molecule has 4 nitrogen and oxygen atoms in total. The van der Waals surface area contributed by atoms with Crippen LogP contribution < -0.4 is 5.32 Å². The normalized spacial score (nSPS) is 16.4. The molecule has 19 heavy (non-hydrogen) atoms. The first-order valence-corrected chi connectivity index (χ1v) is 6.43. The van der Waals surface area contributed by atoms with Gasteiger partial charge in [0.25, 0.3) is 0 Å². The minimum Gasteiger partial charge on any atom is -0.394 e. The number of nitrogens with one attached hydrogen (secondary N) is 1. The maximum Gasteiger partial charge on any atom is 0.211 e. The fraction of sp³-hybridized carbons (Fsp3) is 0.286. The van der Waals surface area contributed by atoms with E-state index in [1.165, 1.54) is 0 Å². The van der Waals surface area contributed by atoms with E-state index < -0.39 is 0 Å². The van der Waals surface area contributed by atoms with Gasteiger partial charge in [-0.2, -0.15) is 0 Å². The Labute approximate surface area is 116 Å². The summed E-state index contributed by atoms with van der Waals surface area (Å²) in [5.74, 6) is -0.681. The van der Waals surface area contributed by atoms with Crippen molar-refractivity contribution in [3.63, 3.8) is 0 Å². The van der Waals surface area contributed by atoms with Gasteiger partial charge in [-0.3, -0.25) is 9.59 Å². The predicted molar refractivity (Wildman–Crippen MR) is 72.3 cm³/mol. The Morgan fingerprint density at radius 3 is 2.32 bits per heavy atom. The molecule has 1 aromatic carbocycles. The fourth-order valence-electron chi connectivity index (χ4n) is 1.96. The van der Waals surface area contributed by atoms with Crippen LogP contribution in [0.5, 0.6) is 0 Å². The van der Waals surface area contributed by atoms with Crippen molar-refractivity contribution in [1.82, 2.24) is 5.32 Å². The fourth-order valence-corrected chi connectivity index (χ4v) is 2.20. The van der Waals surface area contributed by atoms with E-state index in [0.717, 1.165) is 0 Å². The predicted octanol–water partition coefficient (Wildman–Crippen LogP) is 1.88. The van der Waals surface area contributed by atoms with Crippen LogP contribution in [0.1, 0.15) is 34.1 Å². The van der Waals surface area contributed by atoms with Gasteiger partial charge >= 0.3 is 0 Å². The van der Waals surface area contributed by atoms with Crippen LogP contribution in [0.15, 0.2) is 35.0 Å². The topological polar surface area (TPSA) is 66.4 Å². The number of carbonyl (C=O) groups is 2. The highest BCUT2D eigenvalue weighted by Gasteiger charge is 2.31. The number of ketones is 2. The quantitative estimate of drug-likeness (QED) is 0.883. The molecule has 1 aliphatic carbocycles. The van der Waals surface area contributed by atoms with Crippen LogP contribution in [0.2, 0.25) is 0 Å². The van der Waals surface area contributed by atoms with Crippen molar-refractivity contribution in [3.05, 3.63) is 46.1 Å². The van der Waals surface area contributed by atoms with Gasteiger partial charge in [0, 0.05) is 17.2 Å². The van der Waals surface area contributed by atoms with Crippen LogP contribution in [0.25, 0.3) is 0 Å². The van der Waals surface area contributed by atoms with Crippen molar-refractivity contribution in [2.75, 3.05) is 6.61 Å². The van der Waals surface area contributed by atoms with Crippen LogP contribution in [0, 0.1) is 0 Å². The summed E-state index contributed by atoms with van der Waals surface area (Å²) in [4.78, 5) is 24.4. The lowest BCUT2D eigenvalue weighted by molar-refractivity contribution is 0.0970. The molecule has 0 spiro atoms. The Morgan fingerprint density at radius 1 is 1.21 bits per heavy atom. The summed E-state index contributed by atoms with van der Waals surface area (Å²) < 4.78 is 0. The van der Waals surface area contributed by atoms with Crippen LogP contribution in [0.4, 0.5) is 0 Å². The second kappa shape index (κ2) is 5.55. The molecule has 1 aliphatic rings. The van der Waals surface area contributed by atoms with E-state index in [1.54, 1.807) is 24.3 Å². The maximum atomic E-state index is 12.3. The number of allylic oxidation sites excluding steroid dienone is 2. The summed E-state index contributed by atoms with van der Waals surface area (Å²) in [6.45, 7) is 1.73. The molecule has 2 rings (SSSR count). The number of rotatable bonds is 4. The first-order chi connectivity index (χ1) is 9.10. The number of aliphatic hydroxyl groups excluding tert-OH is 1. The van der Waals surface area contributed by atoms with Gasteiger partial charge in [0.05, 0.1) is 6.61 Å². The third kappa shape index (κ3) is 2.41. The van der Waals surface area contributed by atoms with Gasteiger partial charge in [-0.15, -0.1) is 0 Å². The molecule has 100 valence electrons. The van der Waals surface area contributed by atoms with Crippen molar-refractivity contribution in [2.24, 2.45) is 0 Å². The monoisotopic (exact) mass is 279 g/mol. The number of Topliss-reactive ketones (excluding diaryl/α,β-unsaturated/α-hetero) is 2. The highest BCUT2D eigenvalue weighted by molar-refractivity contribution is 6.49. The van der Waals surface area contributed by atoms with E-state index in [-0.39, 0.29) is 34.9 Å². The van der Waals surface area contributed by atoms with E-state index in [9.17, 15) is 9.59 Å². The Bertz CT molecular complexity index is 562. The smallest absolute Gasteiger partial charge is 0.211 e. The molecule has 0 fully saturated rings. The second-order valence-electron chi connectivity index (χ2n) is 4.32. The zero-order chi connectivity index (χ0) is 14.0. The van der Waals surface area contributed by atoms with Crippen LogP contribution >= 0.6 is 11.6 Å². The zero-order valence-corrected chi connectivity index (χ0v) is 11.2. The van der Waals surface area contributed by atoms with Crippen molar-refractivity contribution >= 4 is 23.2 Å². The molecule has 0 bridgehead atoms. The third-order valence-electron chi connectivity index (χ3n) is 3.12. The standard InChI is InChI=1S/C14H14ClNO3/c1-2-8(7-17)16-12-11(15)13(18)9-5-3-4-6-10(9)14(12)19/h3-6,8,16-17H,2,7H2,1H3/t8-/m0/s1. The number of aliphatic hydroxyl groups is 1. The molecule has 1 aromatic rings. The average Bonchev–Trinajstić information content (AvgIpc) is 2.45. The number of benzene rings is 1. The van der Waals surface area contributed by atoms with Crippen LogP contribution in [0.3, 0.4) is 0 Å². The Morgan fingerprint density at radius 2 is 1.79 bits per heavy atom. The highest BCUT2D eigenvalue weighted by Crippen LogP contribution is 2.27. The summed E-state index contributed by atoms with van der Waals surface area (Å²) >= 11 is 5.98. The van der Waals surface area contributed by atoms with E-state index in [2.05, 4.69) is 5.32 Å². The zero-order valence-electron chi connectivity index (χ0n) is 10.4. The first-order valence-electron chi connectivity index (χ1n) is 6.05. The Balaban J connectivity index is 2.43. The summed E-state index contributed by atoms with van der Waals surface area (Å²) in [6, 6.07) is 6.27. The average molecular weight is 280 g/mol. The molecule has 0 amide bonds. The molecule has 0 saturated heterocycles. The van der Waals surface area contributed by atoms with Crippen LogP contribution in [-0.4, -0.2) is 29.3 Å². The summed E-state index contributed by atoms with van der Waals surface area (Å²) in [7, 11) is 0. The van der Waals surface area contributed by atoms with Crippen molar-refractivity contribution in [2.45, 2.75) is 19.4 Å². The van der Waals surface area contributed by atoms with Gasteiger partial charge in [-0.25, -0.2) is 0 Å². The maximum absolute atomic E-state index is 12.3. The van der Waals surface area contributed by atoms with Gasteiger partial charge in [-0.1, -0.05) is 42.8 Å². The lowest BCUT2D eigenvalue weighted by atomic mass is 9.92. The SMILES string of the molecule is CC[C@@H](CO)NC1=C(Cl)C(=O)c2ccccc2C1=O. The van der Waals surface area contributed by atoms with Gasteiger partial charge in [0.1, 0.15) is 10.7 Å². The van der Waals surface area contributed by atoms with Crippen LogP contribution in [-0.2, 0) is 0 Å². The van der Waals surface area contributed by atoms with Gasteiger partial charge in [0.2, 0.25) is 11.6 Å². The minimum atomic E-state index is -0.368. The molecule has 0 saturated carbocycles. The molecule has 0 unspecified atom stereocenters. The molecular formula is C14H14ClNO3. The van der Waals surface area contributed by atoms with E-state index in [0.29, 0.717) is 17.5 Å². The number of hydrogen-bond donors (Lipinski definition) is 2. The highest BCUT2D eigenvalue weighted by atomic mass is 35.5. The molecule has 0 aromatic heterocycles. The molecule has 5 heteroatoms. The molecule has 0 radical (unpaired) electrons. The molecule has 0 heterocycles. The summed E-state index contributed by atoms with van der Waals surface area (Å²) in [5, 5.41) is 11.9. The van der Waals surface area contributed by atoms with Crippen molar-refractivity contribution in [3.8, 4) is 0 Å². The number of hydrogen-bond acceptors (Lipinski definition) is 4. The summed E-state index contributed by atoms with van der Waals surface area (Å²) in [5.41, 5.74) is 0.735. The Hall–Kier alpha value is -1.65. The lowest BCUT2D eigenvalue weighted by Crippen LogP contribution is -2.37. The third-order valence-corrected chi connectivity index (χ3v) is 3.48. The van der Waals surface area contributed by atoms with Crippen molar-refractivity contribution < 1.29 is 14.7 Å². The van der Waals surface area contributed by atoms with E-state index in [4.69, 9.17) is 16.7 Å². The lowest BCUT2D eigenvalue weighted by Gasteiger charge is -2.22. The molecule has 2 N–H and O–H groups in total. The van der Waals surface area contributed by atoms with Gasteiger partial charge in [-0.05, 0) is 6.42 Å². The molecule has 1 atom stereocenters. The number of fused-ring (bicyclic) bond motifs is 1. The number of halogens is 1. The van der Waals surface area contributed by atoms with Crippen molar-refractivity contribution in [1.29, 1.82) is 0 Å². The van der Waals surface area contributed by atoms with E-state index >= 15 is 0 Å². The largest absolute Gasteiger partial charge is 0.394 e. The Kier molecular flexibility index (Phi) is 4.02. The molecule has 0 aliphatic heterocycles. The van der Waals surface area contributed by atoms with Gasteiger partial charge < -0.3 is 10.4 Å². The number of carbonyl (C=O) groups excluding carboxylic acids is 2.